The van der Waals surface area contributed by atoms with Gasteiger partial charge in [-0.2, -0.15) is 0 Å². The summed E-state index contributed by atoms with van der Waals surface area (Å²) >= 11 is 0. The molecule has 0 amide bonds. The first-order chi connectivity index (χ1) is 22.8. The van der Waals surface area contributed by atoms with E-state index in [1.807, 2.05) is 12.1 Å². The Labute approximate surface area is 269 Å². The summed E-state index contributed by atoms with van der Waals surface area (Å²) in [6.45, 7) is -0.0548. The summed E-state index contributed by atoms with van der Waals surface area (Å²) < 4.78 is 13.6. The number of ether oxygens (including phenoxy) is 2. The third-order valence-corrected chi connectivity index (χ3v) is 8.96. The van der Waals surface area contributed by atoms with Gasteiger partial charge in [0.15, 0.2) is 0 Å². The van der Waals surface area contributed by atoms with Crippen LogP contribution in [0.3, 0.4) is 0 Å². The Morgan fingerprint density at radius 3 is 1.20 bits per heavy atom. The van der Waals surface area contributed by atoms with Crippen LogP contribution in [0.25, 0.3) is 22.3 Å². The lowest BCUT2D eigenvalue weighted by molar-refractivity contribution is 0.465. The number of hydrogen-bond donors (Lipinski definition) is 0. The van der Waals surface area contributed by atoms with Crippen molar-refractivity contribution in [1.29, 1.82) is 0 Å². The molecule has 0 aromatic heterocycles. The predicted molar refractivity (Wildman–Crippen MR) is 190 cm³/mol. The number of anilines is 3. The van der Waals surface area contributed by atoms with Crippen LogP contribution < -0.4 is 30.8 Å². The molecule has 0 aliphatic carbocycles. The van der Waals surface area contributed by atoms with Crippen LogP contribution in [-0.2, 0) is 0 Å². The largest absolute Gasteiger partial charge is 0.458 e. The highest BCUT2D eigenvalue weighted by atomic mass is 16.5. The van der Waals surface area contributed by atoms with Gasteiger partial charge in [0, 0.05) is 29.0 Å². The van der Waals surface area contributed by atoms with Crippen LogP contribution >= 0.6 is 0 Å². The van der Waals surface area contributed by atoms with Gasteiger partial charge in [0.1, 0.15) is 23.0 Å². The van der Waals surface area contributed by atoms with Crippen molar-refractivity contribution in [2.75, 3.05) is 4.90 Å². The molecule has 3 nitrogen and oxygen atoms in total. The van der Waals surface area contributed by atoms with Gasteiger partial charge in [-0.1, -0.05) is 121 Å². The maximum absolute atomic E-state index is 6.80. The van der Waals surface area contributed by atoms with E-state index in [0.29, 0.717) is 0 Å². The van der Waals surface area contributed by atoms with Crippen molar-refractivity contribution in [3.63, 3.8) is 0 Å². The van der Waals surface area contributed by atoms with E-state index in [4.69, 9.17) is 9.47 Å². The van der Waals surface area contributed by atoms with Crippen LogP contribution in [0.4, 0.5) is 17.1 Å². The zero-order valence-electron chi connectivity index (χ0n) is 25.0. The number of nitrogens with zero attached hydrogens (tertiary/aromatic N) is 1. The van der Waals surface area contributed by atoms with Gasteiger partial charge in [-0.05, 0) is 69.6 Å². The van der Waals surface area contributed by atoms with Gasteiger partial charge in [0.05, 0.1) is 5.69 Å². The molecule has 0 saturated heterocycles. The molecule has 0 N–H and O–H groups in total. The van der Waals surface area contributed by atoms with E-state index < -0.39 is 0 Å². The normalized spacial score (nSPS) is 12.2. The van der Waals surface area contributed by atoms with Gasteiger partial charge >= 0.3 is 0 Å². The molecular formula is C42H28BNO2. The molecule has 0 bridgehead atoms. The fourth-order valence-corrected chi connectivity index (χ4v) is 6.84. The highest BCUT2D eigenvalue weighted by Gasteiger charge is 2.41. The molecule has 7 aromatic carbocycles. The molecule has 0 radical (unpaired) electrons. The Hall–Kier alpha value is -6.00. The summed E-state index contributed by atoms with van der Waals surface area (Å²) in [6, 6.07) is 59.4. The molecule has 216 valence electrons. The standard InChI is InChI=1S/C42H28BNO2/c1-5-13-29(14-6-1)31-21-23-38-36(25-31)43-37-26-32(30-15-7-2-8-16-30)22-24-39(37)46-41-28-35(27-40(45-38)42(41)43)44(33-17-9-3-10-18-33)34-19-11-4-12-20-34/h1-28H. The first kappa shape index (κ1) is 26.4. The van der Waals surface area contributed by atoms with E-state index in [2.05, 4.69) is 163 Å². The smallest absolute Gasteiger partial charge is 0.260 e. The quantitative estimate of drug-likeness (QED) is 0.187. The highest BCUT2D eigenvalue weighted by molar-refractivity contribution is 6.98. The van der Waals surface area contributed by atoms with E-state index in [1.165, 1.54) is 11.1 Å². The summed E-state index contributed by atoms with van der Waals surface area (Å²) in [7, 11) is 0. The summed E-state index contributed by atoms with van der Waals surface area (Å²) in [4.78, 5) is 2.25. The molecule has 0 spiro atoms. The SMILES string of the molecule is c1ccc(-c2ccc3c(c2)B2c4cc(-c5ccccc5)ccc4Oc4cc(N(c5ccccc5)c5ccccc5)cc(c42)O3)cc1. The maximum atomic E-state index is 6.80. The van der Waals surface area contributed by atoms with E-state index in [-0.39, 0.29) is 6.71 Å². The average molecular weight is 590 g/mol. The van der Waals surface area contributed by atoms with Gasteiger partial charge in [-0.3, -0.25) is 0 Å². The van der Waals surface area contributed by atoms with Crippen molar-refractivity contribution in [1.82, 2.24) is 0 Å². The lowest BCUT2D eigenvalue weighted by Gasteiger charge is -2.35. The molecule has 2 heterocycles. The molecule has 0 fully saturated rings. The van der Waals surface area contributed by atoms with Crippen LogP contribution in [0.15, 0.2) is 170 Å². The molecule has 2 aliphatic heterocycles. The molecule has 0 unspecified atom stereocenters. The van der Waals surface area contributed by atoms with Crippen molar-refractivity contribution in [3.05, 3.63) is 170 Å². The van der Waals surface area contributed by atoms with E-state index in [0.717, 1.165) is 67.6 Å². The van der Waals surface area contributed by atoms with E-state index in [9.17, 15) is 0 Å². The second-order valence-corrected chi connectivity index (χ2v) is 11.7. The van der Waals surface area contributed by atoms with Crippen molar-refractivity contribution in [2.24, 2.45) is 0 Å². The topological polar surface area (TPSA) is 21.7 Å². The summed E-state index contributed by atoms with van der Waals surface area (Å²) in [6.07, 6.45) is 0. The minimum atomic E-state index is -0.0548. The average Bonchev–Trinajstić information content (AvgIpc) is 3.13. The zero-order chi connectivity index (χ0) is 30.5. The van der Waals surface area contributed by atoms with Gasteiger partial charge in [0.2, 0.25) is 0 Å². The van der Waals surface area contributed by atoms with E-state index >= 15 is 0 Å². The van der Waals surface area contributed by atoms with Gasteiger partial charge in [-0.15, -0.1) is 0 Å². The van der Waals surface area contributed by atoms with Crippen molar-refractivity contribution >= 4 is 40.2 Å². The Balaban J connectivity index is 1.26. The first-order valence-electron chi connectivity index (χ1n) is 15.6. The minimum absolute atomic E-state index is 0.0548. The van der Waals surface area contributed by atoms with E-state index in [1.54, 1.807) is 0 Å². The molecule has 4 heteroatoms. The maximum Gasteiger partial charge on any atom is 0.260 e. The molecule has 2 aliphatic rings. The van der Waals surface area contributed by atoms with Gasteiger partial charge in [0.25, 0.3) is 6.71 Å². The lowest BCUT2D eigenvalue weighted by Crippen LogP contribution is -2.57. The fraction of sp³-hybridized carbons (Fsp3) is 0. The van der Waals surface area contributed by atoms with Crippen molar-refractivity contribution in [2.45, 2.75) is 0 Å². The van der Waals surface area contributed by atoms with Crippen LogP contribution in [0, 0.1) is 0 Å². The number of para-hydroxylation sites is 2. The second kappa shape index (κ2) is 10.9. The second-order valence-electron chi connectivity index (χ2n) is 11.7. The first-order valence-corrected chi connectivity index (χ1v) is 15.6. The van der Waals surface area contributed by atoms with Crippen LogP contribution in [-0.4, -0.2) is 6.71 Å². The molecule has 7 aromatic rings. The van der Waals surface area contributed by atoms with Crippen molar-refractivity contribution in [3.8, 4) is 45.3 Å². The summed E-state index contributed by atoms with van der Waals surface area (Å²) in [5.41, 5.74) is 11.1. The molecule has 9 rings (SSSR count). The van der Waals surface area contributed by atoms with Crippen LogP contribution in [0.5, 0.6) is 23.0 Å². The number of hydrogen-bond acceptors (Lipinski definition) is 3. The minimum Gasteiger partial charge on any atom is -0.458 e. The fourth-order valence-electron chi connectivity index (χ4n) is 6.84. The third kappa shape index (κ3) is 4.46. The van der Waals surface area contributed by atoms with Crippen LogP contribution in [0.1, 0.15) is 0 Å². The Bertz CT molecular complexity index is 2050. The van der Waals surface area contributed by atoms with Gasteiger partial charge < -0.3 is 14.4 Å². The van der Waals surface area contributed by atoms with Gasteiger partial charge in [-0.25, -0.2) is 0 Å². The molecule has 0 atom stereocenters. The number of fused-ring (bicyclic) bond motifs is 4. The van der Waals surface area contributed by atoms with Crippen LogP contribution in [0.2, 0.25) is 0 Å². The lowest BCUT2D eigenvalue weighted by atomic mass is 9.34. The summed E-state index contributed by atoms with van der Waals surface area (Å²) in [5, 5.41) is 0. The Morgan fingerprint density at radius 1 is 0.348 bits per heavy atom. The Kier molecular flexibility index (Phi) is 6.24. The predicted octanol–water partition coefficient (Wildman–Crippen LogP) is 9.22. The molecule has 0 saturated carbocycles. The number of benzene rings is 7. The number of rotatable bonds is 5. The third-order valence-electron chi connectivity index (χ3n) is 8.96. The molecule has 46 heavy (non-hydrogen) atoms. The zero-order valence-corrected chi connectivity index (χ0v) is 25.0. The monoisotopic (exact) mass is 589 g/mol. The molecular weight excluding hydrogens is 561 g/mol. The van der Waals surface area contributed by atoms with Crippen molar-refractivity contribution < 1.29 is 9.47 Å². The Morgan fingerprint density at radius 2 is 0.761 bits per heavy atom. The summed E-state index contributed by atoms with van der Waals surface area (Å²) in [5.74, 6) is 3.35. The highest BCUT2D eigenvalue weighted by Crippen LogP contribution is 2.43.